The molecule has 0 aliphatic heterocycles. The van der Waals surface area contributed by atoms with Crippen LogP contribution in [0.4, 0.5) is 5.69 Å². The Kier molecular flexibility index (Phi) is 6.39. The average Bonchev–Trinajstić information content (AvgIpc) is 2.31. The lowest BCUT2D eigenvalue weighted by Gasteiger charge is -2.10. The van der Waals surface area contributed by atoms with Crippen LogP contribution < -0.4 is 10.6 Å². The van der Waals surface area contributed by atoms with Crippen LogP contribution in [0.25, 0.3) is 0 Å². The second kappa shape index (κ2) is 7.84. The van der Waals surface area contributed by atoms with Crippen LogP contribution in [0.2, 0.25) is 0 Å². The minimum atomic E-state index is 0.00343. The van der Waals surface area contributed by atoms with Gasteiger partial charge in [0, 0.05) is 5.69 Å². The van der Waals surface area contributed by atoms with Gasteiger partial charge in [0.2, 0.25) is 5.91 Å². The van der Waals surface area contributed by atoms with Gasteiger partial charge in [0.05, 0.1) is 6.54 Å². The van der Waals surface area contributed by atoms with Crippen LogP contribution in [0.15, 0.2) is 24.3 Å². The van der Waals surface area contributed by atoms with E-state index in [9.17, 15) is 4.79 Å². The Bertz CT molecular complexity index is 360. The van der Waals surface area contributed by atoms with Crippen molar-refractivity contribution in [2.75, 3.05) is 39.0 Å². The van der Waals surface area contributed by atoms with Gasteiger partial charge in [-0.15, -0.1) is 0 Å². The summed E-state index contributed by atoms with van der Waals surface area (Å²) in [5, 5.41) is 5.99. The Morgan fingerprint density at radius 1 is 1.22 bits per heavy atom. The topological polar surface area (TPSA) is 44.4 Å². The standard InChI is InChI=1S/C14H23N3O/c1-12-5-7-13(8-6-12)16-14(18)11-15-9-4-10-17(2)3/h5-8,15H,4,9-11H2,1-3H3,(H,16,18). The molecule has 0 aliphatic rings. The number of carbonyl (C=O) groups excluding carboxylic acids is 1. The zero-order valence-corrected chi connectivity index (χ0v) is 11.5. The first-order chi connectivity index (χ1) is 8.58. The van der Waals surface area contributed by atoms with E-state index in [1.807, 2.05) is 45.3 Å². The number of rotatable bonds is 7. The molecule has 0 spiro atoms. The highest BCUT2D eigenvalue weighted by atomic mass is 16.1. The smallest absolute Gasteiger partial charge is 0.238 e. The molecule has 0 radical (unpaired) electrons. The van der Waals surface area contributed by atoms with E-state index in [0.717, 1.165) is 25.2 Å². The normalized spacial score (nSPS) is 10.7. The van der Waals surface area contributed by atoms with Gasteiger partial charge < -0.3 is 15.5 Å². The summed E-state index contributed by atoms with van der Waals surface area (Å²) in [6.45, 7) is 4.28. The number of hydrogen-bond acceptors (Lipinski definition) is 3. The van der Waals surface area contributed by atoms with Crippen LogP contribution in [0.5, 0.6) is 0 Å². The van der Waals surface area contributed by atoms with Crippen LogP contribution in [0.3, 0.4) is 0 Å². The molecular weight excluding hydrogens is 226 g/mol. The third-order valence-corrected chi connectivity index (χ3v) is 2.58. The highest BCUT2D eigenvalue weighted by molar-refractivity contribution is 5.92. The van der Waals surface area contributed by atoms with Crippen LogP contribution in [-0.4, -0.2) is 44.5 Å². The summed E-state index contributed by atoms with van der Waals surface area (Å²) in [5.41, 5.74) is 2.04. The number of carbonyl (C=O) groups is 1. The van der Waals surface area contributed by atoms with Crippen molar-refractivity contribution in [3.8, 4) is 0 Å². The molecule has 0 saturated carbocycles. The zero-order chi connectivity index (χ0) is 13.4. The first-order valence-corrected chi connectivity index (χ1v) is 6.30. The predicted octanol–water partition coefficient (Wildman–Crippen LogP) is 1.47. The van der Waals surface area contributed by atoms with E-state index in [1.54, 1.807) is 0 Å². The monoisotopic (exact) mass is 249 g/mol. The highest BCUT2D eigenvalue weighted by Crippen LogP contribution is 2.07. The molecule has 4 heteroatoms. The Balaban J connectivity index is 2.16. The van der Waals surface area contributed by atoms with Crippen molar-refractivity contribution in [3.05, 3.63) is 29.8 Å². The molecule has 0 atom stereocenters. The van der Waals surface area contributed by atoms with Gasteiger partial charge in [-0.25, -0.2) is 0 Å². The Morgan fingerprint density at radius 3 is 2.50 bits per heavy atom. The van der Waals surface area contributed by atoms with Crippen molar-refractivity contribution in [3.63, 3.8) is 0 Å². The van der Waals surface area contributed by atoms with Gasteiger partial charge in [-0.05, 0) is 52.7 Å². The molecule has 1 aromatic carbocycles. The summed E-state index contributed by atoms with van der Waals surface area (Å²) in [7, 11) is 4.09. The third-order valence-electron chi connectivity index (χ3n) is 2.58. The lowest BCUT2D eigenvalue weighted by Crippen LogP contribution is -2.30. The molecule has 100 valence electrons. The molecule has 4 nitrogen and oxygen atoms in total. The van der Waals surface area contributed by atoms with E-state index in [1.165, 1.54) is 5.56 Å². The number of nitrogens with one attached hydrogen (secondary N) is 2. The van der Waals surface area contributed by atoms with Crippen LogP contribution in [0.1, 0.15) is 12.0 Å². The Morgan fingerprint density at radius 2 is 1.89 bits per heavy atom. The molecule has 1 rings (SSSR count). The van der Waals surface area contributed by atoms with E-state index in [0.29, 0.717) is 6.54 Å². The van der Waals surface area contributed by atoms with Crippen molar-refractivity contribution >= 4 is 11.6 Å². The van der Waals surface area contributed by atoms with Gasteiger partial charge in [-0.1, -0.05) is 17.7 Å². The average molecular weight is 249 g/mol. The second-order valence-electron chi connectivity index (χ2n) is 4.75. The lowest BCUT2D eigenvalue weighted by molar-refractivity contribution is -0.115. The largest absolute Gasteiger partial charge is 0.325 e. The number of anilines is 1. The van der Waals surface area contributed by atoms with Crippen molar-refractivity contribution in [2.45, 2.75) is 13.3 Å². The number of amides is 1. The maximum absolute atomic E-state index is 11.6. The molecule has 0 fully saturated rings. The summed E-state index contributed by atoms with van der Waals surface area (Å²) >= 11 is 0. The minimum Gasteiger partial charge on any atom is -0.325 e. The molecule has 1 aromatic rings. The zero-order valence-electron chi connectivity index (χ0n) is 11.5. The van der Waals surface area contributed by atoms with Crippen molar-refractivity contribution in [2.24, 2.45) is 0 Å². The van der Waals surface area contributed by atoms with E-state index in [2.05, 4.69) is 15.5 Å². The number of benzene rings is 1. The molecule has 0 heterocycles. The molecule has 0 bridgehead atoms. The van der Waals surface area contributed by atoms with E-state index < -0.39 is 0 Å². The maximum Gasteiger partial charge on any atom is 0.238 e. The maximum atomic E-state index is 11.6. The van der Waals surface area contributed by atoms with Gasteiger partial charge in [-0.3, -0.25) is 4.79 Å². The van der Waals surface area contributed by atoms with E-state index >= 15 is 0 Å². The molecule has 2 N–H and O–H groups in total. The van der Waals surface area contributed by atoms with Gasteiger partial charge in [0.1, 0.15) is 0 Å². The fraction of sp³-hybridized carbons (Fsp3) is 0.500. The summed E-state index contributed by atoms with van der Waals surface area (Å²) in [4.78, 5) is 13.7. The Hall–Kier alpha value is -1.39. The molecule has 0 aliphatic carbocycles. The summed E-state index contributed by atoms with van der Waals surface area (Å²) in [5.74, 6) is 0.00343. The number of aryl methyl sites for hydroxylation is 1. The first-order valence-electron chi connectivity index (χ1n) is 6.30. The first kappa shape index (κ1) is 14.7. The number of hydrogen-bond donors (Lipinski definition) is 2. The summed E-state index contributed by atoms with van der Waals surface area (Å²) in [6, 6.07) is 7.80. The van der Waals surface area contributed by atoms with E-state index in [-0.39, 0.29) is 5.91 Å². The van der Waals surface area contributed by atoms with Crippen LogP contribution >= 0.6 is 0 Å². The molecular formula is C14H23N3O. The number of nitrogens with zero attached hydrogens (tertiary/aromatic N) is 1. The van der Waals surface area contributed by atoms with Crippen molar-refractivity contribution < 1.29 is 4.79 Å². The second-order valence-corrected chi connectivity index (χ2v) is 4.75. The fourth-order valence-corrected chi connectivity index (χ4v) is 1.56. The summed E-state index contributed by atoms with van der Waals surface area (Å²) < 4.78 is 0. The molecule has 0 aromatic heterocycles. The van der Waals surface area contributed by atoms with Gasteiger partial charge >= 0.3 is 0 Å². The van der Waals surface area contributed by atoms with Gasteiger partial charge in [0.15, 0.2) is 0 Å². The molecule has 0 saturated heterocycles. The van der Waals surface area contributed by atoms with Crippen molar-refractivity contribution in [1.29, 1.82) is 0 Å². The predicted molar refractivity (Wildman–Crippen MR) is 75.8 cm³/mol. The van der Waals surface area contributed by atoms with Gasteiger partial charge in [0.25, 0.3) is 0 Å². The van der Waals surface area contributed by atoms with E-state index in [4.69, 9.17) is 0 Å². The summed E-state index contributed by atoms with van der Waals surface area (Å²) in [6.07, 6.45) is 1.05. The lowest BCUT2D eigenvalue weighted by atomic mass is 10.2. The third kappa shape index (κ3) is 6.37. The molecule has 0 unspecified atom stereocenters. The fourth-order valence-electron chi connectivity index (χ4n) is 1.56. The minimum absolute atomic E-state index is 0.00343. The molecule has 1 amide bonds. The molecule has 18 heavy (non-hydrogen) atoms. The van der Waals surface area contributed by atoms with Crippen LogP contribution in [0, 0.1) is 6.92 Å². The SMILES string of the molecule is Cc1ccc(NC(=O)CNCCCN(C)C)cc1. The Labute approximate surface area is 109 Å². The van der Waals surface area contributed by atoms with Crippen molar-refractivity contribution in [1.82, 2.24) is 10.2 Å². The van der Waals surface area contributed by atoms with Crippen LogP contribution in [-0.2, 0) is 4.79 Å². The quantitative estimate of drug-likeness (QED) is 0.719. The van der Waals surface area contributed by atoms with Gasteiger partial charge in [-0.2, -0.15) is 0 Å². The highest BCUT2D eigenvalue weighted by Gasteiger charge is 2.01.